The summed E-state index contributed by atoms with van der Waals surface area (Å²) in [7, 11) is -3.23. The van der Waals surface area contributed by atoms with Crippen LogP contribution in [0.3, 0.4) is 0 Å². The van der Waals surface area contributed by atoms with E-state index in [4.69, 9.17) is 23.4 Å². The second kappa shape index (κ2) is 16.5. The summed E-state index contributed by atoms with van der Waals surface area (Å²) in [4.78, 5) is 0. The van der Waals surface area contributed by atoms with Gasteiger partial charge in [-0.2, -0.15) is 0 Å². The van der Waals surface area contributed by atoms with Crippen LogP contribution < -0.4 is 0 Å². The molecule has 0 amide bonds. The van der Waals surface area contributed by atoms with E-state index < -0.39 is 27.6 Å². The molecule has 1 heterocycles. The van der Waals surface area contributed by atoms with Crippen molar-refractivity contribution in [1.29, 1.82) is 1.43 Å². The molecule has 108 valence electrons. The zero-order chi connectivity index (χ0) is 13.3. The third kappa shape index (κ3) is 15.2. The van der Waals surface area contributed by atoms with Gasteiger partial charge in [-0.3, -0.25) is 0 Å². The topological polar surface area (TPSA) is 79.6 Å². The van der Waals surface area contributed by atoms with Crippen LogP contribution in [-0.4, -0.2) is 45.3 Å². The molecule has 0 aromatic carbocycles. The molecule has 1 aliphatic rings. The zero-order valence-corrected chi connectivity index (χ0v) is 27.7. The Morgan fingerprint density at radius 3 is 2.19 bits per heavy atom. The smallest absolute Gasteiger partial charge is 0 e. The molecule has 1 aliphatic heterocycles. The minimum absolute atomic E-state index is 0. The normalized spacial score (nSPS) is 26.9. The van der Waals surface area contributed by atoms with Crippen LogP contribution in [0.5, 0.6) is 0 Å². The van der Waals surface area contributed by atoms with Crippen molar-refractivity contribution in [3.8, 4) is 0 Å². The van der Waals surface area contributed by atoms with E-state index in [0.717, 1.165) is 0 Å². The Hall–Kier alpha value is 5.57. The summed E-state index contributed by atoms with van der Waals surface area (Å²) in [5, 5.41) is 0. The molecule has 2 N–H and O–H groups in total. The molecule has 0 aromatic heterocycles. The van der Waals surface area contributed by atoms with E-state index in [0.29, 0.717) is 6.42 Å². The summed E-state index contributed by atoms with van der Waals surface area (Å²) in [5.41, 5.74) is 7.91. The van der Waals surface area contributed by atoms with Crippen LogP contribution in [0.4, 0.5) is 0 Å². The van der Waals surface area contributed by atoms with Gasteiger partial charge in [0.15, 0.2) is 0 Å². The Morgan fingerprint density at radius 2 is 1.81 bits per heavy atom. The van der Waals surface area contributed by atoms with Crippen molar-refractivity contribution in [3.05, 3.63) is 5.73 Å². The van der Waals surface area contributed by atoms with Crippen molar-refractivity contribution in [3.63, 3.8) is 0 Å². The van der Waals surface area contributed by atoms with Crippen molar-refractivity contribution < 1.29 is 182 Å². The second-order valence-electron chi connectivity index (χ2n) is 4.48. The van der Waals surface area contributed by atoms with E-state index in [1.54, 1.807) is 13.8 Å². The van der Waals surface area contributed by atoms with Gasteiger partial charge in [0.1, 0.15) is 0 Å². The van der Waals surface area contributed by atoms with Crippen molar-refractivity contribution in [2.75, 3.05) is 5.75 Å². The van der Waals surface area contributed by atoms with Crippen LogP contribution in [0.15, 0.2) is 0 Å². The zero-order valence-electron chi connectivity index (χ0n) is 13.7. The molecule has 21 heavy (non-hydrogen) atoms. The van der Waals surface area contributed by atoms with Gasteiger partial charge in [-0.05, 0) is 0 Å². The van der Waals surface area contributed by atoms with Crippen LogP contribution in [0.2, 0.25) is 0 Å². The number of hydrogen-bond acceptors (Lipinski definition) is 4. The Balaban J connectivity index is -0.000000193. The van der Waals surface area contributed by atoms with Gasteiger partial charge in [0.25, 0.3) is 0 Å². The van der Waals surface area contributed by atoms with Crippen LogP contribution in [-0.2, 0) is 183 Å². The standard InChI is InChI=1S/C9H18BNO4S.5Y/c1-4-7-8(15-9(2,3)14-7)6(11)5-16(10,12)13;;;;;/h6-8,11H,4-5H2,1-3H3,(H,12,13);;;;;/q-1;;;;;/t6-,7+,8-;;;;;/m0...../s1/i/hT. The molecule has 0 aromatic rings. The first-order chi connectivity index (χ1) is 7.71. The van der Waals surface area contributed by atoms with E-state index in [9.17, 15) is 4.21 Å². The Bertz CT molecular complexity index is 379. The van der Waals surface area contributed by atoms with E-state index in [1.165, 1.54) is 0 Å². The summed E-state index contributed by atoms with van der Waals surface area (Å²) >= 11 is 0. The van der Waals surface area contributed by atoms with Crippen molar-refractivity contribution in [1.82, 2.24) is 0 Å². The summed E-state index contributed by atoms with van der Waals surface area (Å²) in [6.45, 7) is 10.7. The molecule has 5 nitrogen and oxygen atoms in total. The average molecular weight is 694 g/mol. The third-order valence-electron chi connectivity index (χ3n) is 2.43. The van der Waals surface area contributed by atoms with Gasteiger partial charge >= 0.3 is 98.7 Å². The first-order valence-corrected chi connectivity index (χ1v) is 6.93. The second-order valence-corrected chi connectivity index (χ2v) is 6.14. The Kier molecular flexibility index (Phi) is 26.8. The molecule has 1 rings (SSSR count). The Morgan fingerprint density at radius 1 is 1.33 bits per heavy atom. The number of ether oxygens (including phenoxy) is 2. The van der Waals surface area contributed by atoms with Gasteiger partial charge in [-0.25, -0.2) is 0 Å². The summed E-state index contributed by atoms with van der Waals surface area (Å²) in [6.07, 6.45) is -0.0419. The van der Waals surface area contributed by atoms with E-state index in [-0.39, 0.29) is 175 Å². The number of hydrogen-bond donors (Lipinski definition) is 1. The molecular formula is C9H18BNO4SY5-. The fraction of sp³-hybridized carbons (Fsp3) is 1.00. The molecule has 1 saturated heterocycles. The maximum atomic E-state index is 11.4. The molecule has 6 radical (unpaired) electrons. The molecule has 1 unspecified atom stereocenters. The fourth-order valence-electron chi connectivity index (χ4n) is 1.86. The number of nitrogens with one attached hydrogen (secondary N) is 1. The quantitative estimate of drug-likeness (QED) is 0.439. The van der Waals surface area contributed by atoms with Gasteiger partial charge in [-0.15, -0.1) is 0 Å². The van der Waals surface area contributed by atoms with Crippen LogP contribution in [0.25, 0.3) is 7.16 Å². The van der Waals surface area contributed by atoms with Gasteiger partial charge in [0.05, 0.1) is 0 Å². The largest absolute Gasteiger partial charge is 0 e. The minimum Gasteiger partial charge on any atom is 0 e. The molecule has 0 aliphatic carbocycles. The summed E-state index contributed by atoms with van der Waals surface area (Å²) in [6, 6.07) is -0.843. The van der Waals surface area contributed by atoms with E-state index in [2.05, 4.69) is 4.56 Å². The minimum atomic E-state index is -3.23. The van der Waals surface area contributed by atoms with Crippen molar-refractivity contribution >= 4 is 16.4 Å². The van der Waals surface area contributed by atoms with Crippen LogP contribution in [0, 0.1) is 0 Å². The van der Waals surface area contributed by atoms with Gasteiger partial charge in [0.2, 0.25) is 0 Å². The predicted octanol–water partition coefficient (Wildman–Crippen LogP) is 1.17. The average Bonchev–Trinajstić information content (AvgIpc) is 2.53. The Labute approximate surface area is 256 Å². The monoisotopic (exact) mass is 694 g/mol. The van der Waals surface area contributed by atoms with Crippen LogP contribution in [0.1, 0.15) is 27.2 Å². The van der Waals surface area contributed by atoms with Crippen molar-refractivity contribution in [2.45, 2.75) is 51.2 Å². The molecule has 1 fully saturated rings. The molecule has 12 heteroatoms. The van der Waals surface area contributed by atoms with Gasteiger partial charge in [-0.1, -0.05) is 0 Å². The predicted molar refractivity (Wildman–Crippen MR) is 63.6 cm³/mol. The van der Waals surface area contributed by atoms with Crippen molar-refractivity contribution in [2.24, 2.45) is 0 Å². The van der Waals surface area contributed by atoms with Gasteiger partial charge < -0.3 is 0 Å². The maximum absolute atomic E-state index is 11.4. The molecule has 0 spiro atoms. The maximum Gasteiger partial charge on any atom is 0 e. The summed E-state index contributed by atoms with van der Waals surface area (Å²) in [5.74, 6) is -0.987. The molecular weight excluding hydrogens is 674 g/mol. The number of rotatable bonds is 5. The first-order valence-electron chi connectivity index (χ1n) is 5.62. The van der Waals surface area contributed by atoms with Crippen LogP contribution >= 0.6 is 0 Å². The van der Waals surface area contributed by atoms with E-state index in [1.807, 2.05) is 6.92 Å². The molecule has 4 atom stereocenters. The molecule has 0 bridgehead atoms. The first kappa shape index (κ1) is 34.1. The van der Waals surface area contributed by atoms with E-state index >= 15 is 0 Å². The third-order valence-corrected chi connectivity index (χ3v) is 3.26. The summed E-state index contributed by atoms with van der Waals surface area (Å²) < 4.78 is 33.2. The fourth-order valence-corrected chi connectivity index (χ4v) is 2.56. The molecule has 0 saturated carbocycles. The SMILES string of the molecule is [3H]OS(=[B])(=O)C[C@H]([NH-])[C@@H]1OC(C)(C)O[C@@H]1CC.[Y].[Y].[Y].[Y].[Y]. The van der Waals surface area contributed by atoms with Gasteiger partial charge in [0, 0.05) is 164 Å².